The summed E-state index contributed by atoms with van der Waals surface area (Å²) >= 11 is 0. The van der Waals surface area contributed by atoms with Gasteiger partial charge in [0.25, 0.3) is 0 Å². The van der Waals surface area contributed by atoms with E-state index in [9.17, 15) is 13.2 Å². The Bertz CT molecular complexity index is 2320. The van der Waals surface area contributed by atoms with Crippen LogP contribution in [-0.4, -0.2) is 26.3 Å². The minimum Gasteiger partial charge on any atom is -0.472 e. The number of ether oxygens (including phenoxy) is 2. The molecule has 51 heavy (non-hydrogen) atoms. The molecule has 0 spiro atoms. The summed E-state index contributed by atoms with van der Waals surface area (Å²) in [7, 11) is 0. The van der Waals surface area contributed by atoms with E-state index in [1.54, 1.807) is 12.1 Å². The molecule has 1 aliphatic carbocycles. The van der Waals surface area contributed by atoms with Gasteiger partial charge in [0, 0.05) is 46.3 Å². The van der Waals surface area contributed by atoms with Crippen LogP contribution in [0.3, 0.4) is 0 Å². The fourth-order valence-electron chi connectivity index (χ4n) is 8.37. The maximum atomic E-state index is 13.3. The van der Waals surface area contributed by atoms with E-state index in [1.807, 2.05) is 12.1 Å². The molecule has 1 saturated heterocycles. The first-order valence-corrected chi connectivity index (χ1v) is 17.4. The number of morpholine rings is 1. The Morgan fingerprint density at radius 2 is 1.33 bits per heavy atom. The molecule has 3 aliphatic rings. The molecule has 2 aliphatic heterocycles. The first-order valence-electron chi connectivity index (χ1n) is 17.4. The average Bonchev–Trinajstić information content (AvgIpc) is 3.41. The molecule has 1 fully saturated rings. The highest BCUT2D eigenvalue weighted by atomic mass is 19.4. The van der Waals surface area contributed by atoms with Crippen LogP contribution >= 0.6 is 0 Å². The molecule has 0 amide bonds. The molecule has 6 heteroatoms. The molecule has 0 radical (unpaired) electrons. The van der Waals surface area contributed by atoms with E-state index in [-0.39, 0.29) is 0 Å². The smallest absolute Gasteiger partial charge is 0.416 e. The number of alkyl halides is 3. The summed E-state index contributed by atoms with van der Waals surface area (Å²) in [6.07, 6.45) is 0.0772. The van der Waals surface area contributed by atoms with Crippen molar-refractivity contribution in [2.75, 3.05) is 31.2 Å². The molecule has 0 N–H and O–H groups in total. The molecule has 1 unspecified atom stereocenters. The molecule has 254 valence electrons. The highest BCUT2D eigenvalue weighted by Crippen LogP contribution is 2.58. The lowest BCUT2D eigenvalue weighted by molar-refractivity contribution is -0.137. The molecule has 0 saturated carbocycles. The number of nitrogens with zero attached hydrogens (tertiary/aromatic N) is 1. The van der Waals surface area contributed by atoms with Crippen LogP contribution in [0.25, 0.3) is 39.1 Å². The van der Waals surface area contributed by atoms with Crippen LogP contribution in [0.1, 0.15) is 47.2 Å². The average molecular weight is 680 g/mol. The van der Waals surface area contributed by atoms with Crippen molar-refractivity contribution < 1.29 is 22.6 Å². The van der Waals surface area contributed by atoms with Crippen LogP contribution in [0.2, 0.25) is 0 Å². The molecule has 6 aromatic carbocycles. The van der Waals surface area contributed by atoms with Crippen LogP contribution in [-0.2, 0) is 21.9 Å². The maximum Gasteiger partial charge on any atom is 0.416 e. The summed E-state index contributed by atoms with van der Waals surface area (Å²) in [6.45, 7) is 7.67. The highest BCUT2D eigenvalue weighted by Gasteiger charge is 2.44. The van der Waals surface area contributed by atoms with E-state index in [0.29, 0.717) is 0 Å². The molecule has 9 rings (SSSR count). The second kappa shape index (κ2) is 11.6. The number of halogens is 3. The Morgan fingerprint density at radius 1 is 0.686 bits per heavy atom. The fraction of sp³-hybridized carbons (Fsp3) is 0.200. The molecule has 6 aromatic rings. The molecule has 1 atom stereocenters. The highest BCUT2D eigenvalue weighted by molar-refractivity contribution is 6.08. The summed E-state index contributed by atoms with van der Waals surface area (Å²) in [5.74, 6) is 0.844. The first kappa shape index (κ1) is 31.6. The number of rotatable bonds is 4. The van der Waals surface area contributed by atoms with Crippen molar-refractivity contribution in [2.45, 2.75) is 31.0 Å². The summed E-state index contributed by atoms with van der Waals surface area (Å²) in [5.41, 5.74) is 8.66. The minimum atomic E-state index is -4.37. The zero-order valence-corrected chi connectivity index (χ0v) is 28.4. The molecule has 0 bridgehead atoms. The molecular weight excluding hydrogens is 643 g/mol. The summed E-state index contributed by atoms with van der Waals surface area (Å²) in [4.78, 5) is 2.36. The van der Waals surface area contributed by atoms with Crippen LogP contribution in [0.15, 0.2) is 127 Å². The molecule has 3 nitrogen and oxygen atoms in total. The van der Waals surface area contributed by atoms with Gasteiger partial charge in [-0.05, 0) is 75.2 Å². The lowest BCUT2D eigenvalue weighted by Gasteiger charge is -2.38. The topological polar surface area (TPSA) is 21.7 Å². The SMILES string of the molecule is CC1(C)c2cc(-c3ccc(C(F)(F)F)cc3)ccc2-c2c1c1c(c3ccccc23)OC(c2ccccc2)(c2ccc(N3CCOCC3)cc2)C=C1. The largest absolute Gasteiger partial charge is 0.472 e. The lowest BCUT2D eigenvalue weighted by Crippen LogP contribution is -2.37. The van der Waals surface area contributed by atoms with Gasteiger partial charge in [0.2, 0.25) is 0 Å². The second-order valence-corrected chi connectivity index (χ2v) is 14.2. The normalized spacial score (nSPS) is 19.0. The Kier molecular flexibility index (Phi) is 7.20. The van der Waals surface area contributed by atoms with Gasteiger partial charge in [0.1, 0.15) is 5.75 Å². The van der Waals surface area contributed by atoms with Gasteiger partial charge in [-0.15, -0.1) is 0 Å². The Labute approximate surface area is 295 Å². The maximum absolute atomic E-state index is 13.3. The third-order valence-corrected chi connectivity index (χ3v) is 11.0. The van der Waals surface area contributed by atoms with Crippen molar-refractivity contribution in [3.05, 3.63) is 161 Å². The van der Waals surface area contributed by atoms with Crippen molar-refractivity contribution >= 4 is 22.5 Å². The van der Waals surface area contributed by atoms with Gasteiger partial charge in [-0.1, -0.05) is 111 Å². The third kappa shape index (κ3) is 4.99. The first-order chi connectivity index (χ1) is 24.6. The minimum absolute atomic E-state index is 0.416. The molecule has 0 aromatic heterocycles. The standard InChI is InChI=1S/C45H36F3NO2/c1-43(2)39-28-30(29-12-15-33(16-13-29)45(46,47)48)14-21-37(39)40-35-10-6-7-11-36(35)42-38(41(40)43)22-23-44(51-42,31-8-4-3-5-9-31)32-17-19-34(20-18-32)49-24-26-50-27-25-49/h3-23,28H,24-27H2,1-2H3. The van der Waals surface area contributed by atoms with Gasteiger partial charge in [0.15, 0.2) is 5.60 Å². The third-order valence-electron chi connectivity index (χ3n) is 11.0. The quantitative estimate of drug-likeness (QED) is 0.185. The summed E-state index contributed by atoms with van der Waals surface area (Å²) in [5, 5.41) is 2.15. The van der Waals surface area contributed by atoms with E-state index >= 15 is 0 Å². The van der Waals surface area contributed by atoms with Gasteiger partial charge < -0.3 is 14.4 Å². The van der Waals surface area contributed by atoms with Crippen molar-refractivity contribution in [1.82, 2.24) is 0 Å². The van der Waals surface area contributed by atoms with Crippen LogP contribution in [0.5, 0.6) is 5.75 Å². The Balaban J connectivity index is 1.19. The van der Waals surface area contributed by atoms with Crippen LogP contribution in [0, 0.1) is 0 Å². The predicted molar refractivity (Wildman–Crippen MR) is 198 cm³/mol. The monoisotopic (exact) mass is 679 g/mol. The van der Waals surface area contributed by atoms with Crippen LogP contribution < -0.4 is 9.64 Å². The van der Waals surface area contributed by atoms with Crippen LogP contribution in [0.4, 0.5) is 18.9 Å². The number of hydrogen-bond donors (Lipinski definition) is 0. The van der Waals surface area contributed by atoms with E-state index in [4.69, 9.17) is 9.47 Å². The number of fused-ring (bicyclic) bond motifs is 8. The number of hydrogen-bond acceptors (Lipinski definition) is 3. The molecule has 2 heterocycles. The van der Waals surface area contributed by atoms with Crippen molar-refractivity contribution in [3.8, 4) is 28.0 Å². The van der Waals surface area contributed by atoms with E-state index in [2.05, 4.69) is 116 Å². The zero-order chi connectivity index (χ0) is 35.0. The summed E-state index contributed by atoms with van der Waals surface area (Å²) < 4.78 is 53.0. The summed E-state index contributed by atoms with van der Waals surface area (Å²) in [6, 6.07) is 39.3. The van der Waals surface area contributed by atoms with Gasteiger partial charge in [-0.25, -0.2) is 0 Å². The number of anilines is 1. The lowest BCUT2D eigenvalue weighted by atomic mass is 9.76. The van der Waals surface area contributed by atoms with Gasteiger partial charge in [-0.2, -0.15) is 13.2 Å². The fourth-order valence-corrected chi connectivity index (χ4v) is 8.37. The van der Waals surface area contributed by atoms with E-state index in [0.717, 1.165) is 93.9 Å². The number of benzene rings is 6. The zero-order valence-electron chi connectivity index (χ0n) is 28.4. The van der Waals surface area contributed by atoms with Crippen molar-refractivity contribution in [1.29, 1.82) is 0 Å². The van der Waals surface area contributed by atoms with E-state index < -0.39 is 22.8 Å². The second-order valence-electron chi connectivity index (χ2n) is 14.2. The van der Waals surface area contributed by atoms with Gasteiger partial charge in [-0.3, -0.25) is 0 Å². The van der Waals surface area contributed by atoms with E-state index in [1.165, 1.54) is 16.8 Å². The Morgan fingerprint density at radius 3 is 2.04 bits per heavy atom. The Hall–Kier alpha value is -5.33. The van der Waals surface area contributed by atoms with Crippen molar-refractivity contribution in [2.24, 2.45) is 0 Å². The van der Waals surface area contributed by atoms with Gasteiger partial charge in [0.05, 0.1) is 18.8 Å². The van der Waals surface area contributed by atoms with Crippen molar-refractivity contribution in [3.63, 3.8) is 0 Å². The predicted octanol–water partition coefficient (Wildman–Crippen LogP) is 11.0. The molecular formula is C45H36F3NO2. The van der Waals surface area contributed by atoms with Gasteiger partial charge >= 0.3 is 6.18 Å².